The highest BCUT2D eigenvalue weighted by Gasteiger charge is 2.42. The van der Waals surface area contributed by atoms with Gasteiger partial charge in [-0.1, -0.05) is 6.07 Å². The Labute approximate surface area is 175 Å². The zero-order chi connectivity index (χ0) is 22.2. The van der Waals surface area contributed by atoms with Crippen LogP contribution in [0.3, 0.4) is 0 Å². The molecule has 0 fully saturated rings. The molecule has 0 aliphatic carbocycles. The third kappa shape index (κ3) is 4.74. The summed E-state index contributed by atoms with van der Waals surface area (Å²) in [5.74, 6) is -1.91. The van der Waals surface area contributed by atoms with Gasteiger partial charge in [0.25, 0.3) is 0 Å². The van der Waals surface area contributed by atoms with Crippen LogP contribution in [0.25, 0.3) is 28.4 Å². The third-order valence-electron chi connectivity index (χ3n) is 4.63. The largest absolute Gasteiger partial charge is 0.397 e. The number of imidazole rings is 1. The van der Waals surface area contributed by atoms with Crippen molar-refractivity contribution >= 4 is 21.0 Å². The molecule has 0 aliphatic rings. The van der Waals surface area contributed by atoms with E-state index in [1.807, 2.05) is 0 Å². The van der Waals surface area contributed by atoms with E-state index in [0.29, 0.717) is 22.6 Å². The quantitative estimate of drug-likeness (QED) is 0.483. The number of hydrogen-bond acceptors (Lipinski definition) is 6. The number of hydrogen-bond donors (Lipinski definition) is 1. The Balaban J connectivity index is 1.64. The molecule has 0 spiro atoms. The summed E-state index contributed by atoms with van der Waals surface area (Å²) in [6, 6.07) is 7.74. The van der Waals surface area contributed by atoms with Gasteiger partial charge in [-0.25, -0.2) is 28.1 Å². The normalized spacial score (nSPS) is 13.5. The molecule has 1 atom stereocenters. The van der Waals surface area contributed by atoms with Crippen LogP contribution in [-0.4, -0.2) is 56.3 Å². The highest BCUT2D eigenvalue weighted by molar-refractivity contribution is 7.90. The second kappa shape index (κ2) is 7.76. The van der Waals surface area contributed by atoms with Crippen molar-refractivity contribution in [3.8, 4) is 17.2 Å². The second-order valence-electron chi connectivity index (χ2n) is 7.06. The molecule has 0 amide bonds. The predicted octanol–water partition coefficient (Wildman–Crippen LogP) is 3.29. The third-order valence-corrected chi connectivity index (χ3v) is 5.61. The summed E-state index contributed by atoms with van der Waals surface area (Å²) in [6.07, 6.45) is 0.398. The SMILES string of the molecule is CS(=O)(=O)CCC(c1cccc(-n2cc(-c3nc4cccnc4[nH]3)cn2)n1)C(F)(F)F. The number of halogens is 3. The molecule has 0 bridgehead atoms. The molecule has 1 N–H and O–H groups in total. The number of nitrogens with zero attached hydrogens (tertiary/aromatic N) is 5. The molecule has 1 unspecified atom stereocenters. The Hall–Kier alpha value is -3.28. The predicted molar refractivity (Wildman–Crippen MR) is 107 cm³/mol. The van der Waals surface area contributed by atoms with Crippen molar-refractivity contribution in [3.05, 3.63) is 54.6 Å². The number of fused-ring (bicyclic) bond motifs is 1. The summed E-state index contributed by atoms with van der Waals surface area (Å²) in [5, 5.41) is 4.18. The van der Waals surface area contributed by atoms with Crippen molar-refractivity contribution in [1.82, 2.24) is 29.7 Å². The van der Waals surface area contributed by atoms with Gasteiger partial charge in [0.05, 0.1) is 29.1 Å². The molecule has 0 aromatic carbocycles. The maximum Gasteiger partial charge on any atom is 0.397 e. The Morgan fingerprint density at radius 1 is 1.16 bits per heavy atom. The molecular weight excluding hydrogens is 433 g/mol. The molecule has 162 valence electrons. The number of pyridine rings is 2. The van der Waals surface area contributed by atoms with Crippen LogP contribution < -0.4 is 0 Å². The second-order valence-corrected chi connectivity index (χ2v) is 9.32. The molecule has 0 saturated heterocycles. The Morgan fingerprint density at radius 3 is 2.68 bits per heavy atom. The molecule has 12 heteroatoms. The minimum atomic E-state index is -4.63. The fourth-order valence-electron chi connectivity index (χ4n) is 3.12. The van der Waals surface area contributed by atoms with Crippen LogP contribution in [0, 0.1) is 0 Å². The van der Waals surface area contributed by atoms with Gasteiger partial charge in [-0.3, -0.25) is 0 Å². The average Bonchev–Trinajstić information content (AvgIpc) is 3.33. The lowest BCUT2D eigenvalue weighted by Crippen LogP contribution is -2.24. The Bertz CT molecular complexity index is 1300. The minimum Gasteiger partial charge on any atom is -0.323 e. The first-order valence-corrected chi connectivity index (χ1v) is 11.2. The maximum atomic E-state index is 13.6. The van der Waals surface area contributed by atoms with Crippen molar-refractivity contribution in [2.45, 2.75) is 18.5 Å². The lowest BCUT2D eigenvalue weighted by atomic mass is 10.0. The van der Waals surface area contributed by atoms with Gasteiger partial charge < -0.3 is 4.98 Å². The van der Waals surface area contributed by atoms with Crippen LogP contribution in [0.1, 0.15) is 18.0 Å². The van der Waals surface area contributed by atoms with Crippen molar-refractivity contribution < 1.29 is 21.6 Å². The number of H-pyrrole nitrogens is 1. The molecule has 4 aromatic heterocycles. The van der Waals surface area contributed by atoms with Crippen LogP contribution in [0.2, 0.25) is 0 Å². The van der Waals surface area contributed by atoms with Crippen molar-refractivity contribution in [1.29, 1.82) is 0 Å². The summed E-state index contributed by atoms with van der Waals surface area (Å²) >= 11 is 0. The summed E-state index contributed by atoms with van der Waals surface area (Å²) in [5.41, 5.74) is 1.61. The van der Waals surface area contributed by atoms with E-state index in [1.165, 1.54) is 29.1 Å². The molecule has 8 nitrogen and oxygen atoms in total. The van der Waals surface area contributed by atoms with Crippen LogP contribution in [0.4, 0.5) is 13.2 Å². The summed E-state index contributed by atoms with van der Waals surface area (Å²) in [4.78, 5) is 15.8. The van der Waals surface area contributed by atoms with Crippen molar-refractivity contribution in [2.75, 3.05) is 12.0 Å². The van der Waals surface area contributed by atoms with E-state index in [0.717, 1.165) is 6.26 Å². The number of aromatic amines is 1. The first-order valence-electron chi connectivity index (χ1n) is 9.18. The van der Waals surface area contributed by atoms with E-state index in [1.54, 1.807) is 24.5 Å². The van der Waals surface area contributed by atoms with Crippen LogP contribution in [0.5, 0.6) is 0 Å². The lowest BCUT2D eigenvalue weighted by molar-refractivity contribution is -0.151. The Morgan fingerprint density at radius 2 is 1.97 bits per heavy atom. The minimum absolute atomic E-state index is 0.173. The fourth-order valence-corrected chi connectivity index (χ4v) is 3.79. The fraction of sp³-hybridized carbons (Fsp3) is 0.263. The van der Waals surface area contributed by atoms with Crippen molar-refractivity contribution in [2.24, 2.45) is 0 Å². The van der Waals surface area contributed by atoms with Gasteiger partial charge in [-0.05, 0) is 30.7 Å². The smallest absolute Gasteiger partial charge is 0.323 e. The lowest BCUT2D eigenvalue weighted by Gasteiger charge is -2.20. The topological polar surface area (TPSA) is 106 Å². The van der Waals surface area contributed by atoms with Gasteiger partial charge in [0, 0.05) is 18.6 Å². The van der Waals surface area contributed by atoms with Gasteiger partial charge in [-0.2, -0.15) is 18.3 Å². The molecule has 31 heavy (non-hydrogen) atoms. The summed E-state index contributed by atoms with van der Waals surface area (Å²) in [6.45, 7) is 0. The van der Waals surface area contributed by atoms with E-state index in [2.05, 4.69) is 25.0 Å². The zero-order valence-corrected chi connectivity index (χ0v) is 17.0. The molecule has 0 aliphatic heterocycles. The van der Waals surface area contributed by atoms with Gasteiger partial charge in [0.15, 0.2) is 11.5 Å². The number of alkyl halides is 3. The highest BCUT2D eigenvalue weighted by Crippen LogP contribution is 2.37. The Kier molecular flexibility index (Phi) is 5.25. The first-order chi connectivity index (χ1) is 14.6. The van der Waals surface area contributed by atoms with E-state index in [-0.39, 0.29) is 11.5 Å². The van der Waals surface area contributed by atoms with Crippen LogP contribution in [0.15, 0.2) is 48.9 Å². The van der Waals surface area contributed by atoms with Gasteiger partial charge in [0.2, 0.25) is 0 Å². The summed E-state index contributed by atoms with van der Waals surface area (Å²) in [7, 11) is -3.55. The first kappa shape index (κ1) is 21.0. The number of nitrogens with one attached hydrogen (secondary N) is 1. The average molecular weight is 450 g/mol. The zero-order valence-electron chi connectivity index (χ0n) is 16.2. The van der Waals surface area contributed by atoms with Crippen molar-refractivity contribution in [3.63, 3.8) is 0 Å². The van der Waals surface area contributed by atoms with Gasteiger partial charge in [-0.15, -0.1) is 0 Å². The molecule has 4 rings (SSSR count). The standard InChI is InChI=1S/C19H17F3N6O2S/c1-31(29,30)9-7-13(19(20,21)22)14-4-2-6-16(25-14)28-11-12(10-24-28)17-26-15-5-3-8-23-18(15)27-17/h2-6,8,10-11,13H,7,9H2,1H3,(H,23,26,27). The van der Waals surface area contributed by atoms with Gasteiger partial charge >= 0.3 is 6.18 Å². The molecule has 4 heterocycles. The molecule has 4 aromatic rings. The molecule has 0 radical (unpaired) electrons. The highest BCUT2D eigenvalue weighted by atomic mass is 32.2. The molecule has 0 saturated carbocycles. The number of aromatic nitrogens is 6. The van der Waals surface area contributed by atoms with Crippen LogP contribution >= 0.6 is 0 Å². The van der Waals surface area contributed by atoms with Gasteiger partial charge in [0.1, 0.15) is 21.2 Å². The summed E-state index contributed by atoms with van der Waals surface area (Å²) < 4.78 is 64.8. The molecular formula is C19H17F3N6O2S. The monoisotopic (exact) mass is 450 g/mol. The number of rotatable bonds is 6. The van der Waals surface area contributed by atoms with E-state index in [4.69, 9.17) is 0 Å². The van der Waals surface area contributed by atoms with Crippen LogP contribution in [-0.2, 0) is 9.84 Å². The maximum absolute atomic E-state index is 13.6. The van der Waals surface area contributed by atoms with E-state index >= 15 is 0 Å². The van der Waals surface area contributed by atoms with E-state index < -0.39 is 34.1 Å². The van der Waals surface area contributed by atoms with E-state index in [9.17, 15) is 21.6 Å². The number of sulfone groups is 1.